The summed E-state index contributed by atoms with van der Waals surface area (Å²) in [6, 6.07) is 7.20. The Balaban J connectivity index is 1.33. The van der Waals surface area contributed by atoms with Crippen LogP contribution < -0.4 is 0 Å². The number of rotatable bonds is 13. The maximum absolute atomic E-state index is 2.47. The topological polar surface area (TPSA) is 0 Å². The van der Waals surface area contributed by atoms with Gasteiger partial charge in [-0.15, -0.1) is 0 Å². The van der Waals surface area contributed by atoms with Crippen molar-refractivity contribution in [2.45, 2.75) is 117 Å². The summed E-state index contributed by atoms with van der Waals surface area (Å²) < 4.78 is 0. The average Bonchev–Trinajstić information content (AvgIpc) is 3.52. The fourth-order valence-electron chi connectivity index (χ4n) is 4.42. The van der Waals surface area contributed by atoms with Crippen LogP contribution in [0.15, 0.2) is 18.2 Å². The Morgan fingerprint density at radius 3 is 1.73 bits per heavy atom. The molecule has 0 spiro atoms. The van der Waals surface area contributed by atoms with Crippen molar-refractivity contribution in [3.63, 3.8) is 0 Å². The van der Waals surface area contributed by atoms with E-state index < -0.39 is 0 Å². The van der Waals surface area contributed by atoms with E-state index in [1.54, 1.807) is 11.1 Å². The van der Waals surface area contributed by atoms with Crippen LogP contribution in [-0.2, 0) is 12.8 Å². The Morgan fingerprint density at radius 1 is 0.654 bits per heavy atom. The zero-order valence-corrected chi connectivity index (χ0v) is 17.8. The van der Waals surface area contributed by atoms with Crippen LogP contribution in [-0.4, -0.2) is 0 Å². The van der Waals surface area contributed by atoms with E-state index in [2.05, 4.69) is 39.0 Å². The second kappa shape index (κ2) is 8.94. The number of hydrogen-bond acceptors (Lipinski definition) is 0. The summed E-state index contributed by atoms with van der Waals surface area (Å²) in [5, 5.41) is 0. The second-order valence-corrected chi connectivity index (χ2v) is 10.4. The van der Waals surface area contributed by atoms with E-state index in [0.29, 0.717) is 0 Å². The molecule has 26 heavy (non-hydrogen) atoms. The first-order valence-corrected chi connectivity index (χ1v) is 11.6. The van der Waals surface area contributed by atoms with Crippen LogP contribution in [0.3, 0.4) is 0 Å². The smallest absolute Gasteiger partial charge is 0.0276 e. The number of benzene rings is 1. The minimum absolute atomic E-state index is 0.741. The summed E-state index contributed by atoms with van der Waals surface area (Å²) >= 11 is 0. The van der Waals surface area contributed by atoms with Crippen molar-refractivity contribution >= 4 is 0 Å². The maximum atomic E-state index is 2.47. The van der Waals surface area contributed by atoms with Crippen LogP contribution in [0.1, 0.15) is 114 Å². The molecular formula is C26H42. The molecule has 0 heteroatoms. The van der Waals surface area contributed by atoms with Crippen LogP contribution in [0.25, 0.3) is 0 Å². The molecule has 0 aromatic heterocycles. The fourth-order valence-corrected chi connectivity index (χ4v) is 4.42. The Kier molecular flexibility index (Phi) is 6.87. The van der Waals surface area contributed by atoms with Crippen molar-refractivity contribution in [2.75, 3.05) is 0 Å². The molecule has 0 amide bonds. The van der Waals surface area contributed by atoms with Crippen molar-refractivity contribution in [1.29, 1.82) is 0 Å². The van der Waals surface area contributed by atoms with Gasteiger partial charge in [-0.3, -0.25) is 0 Å². The molecule has 3 rings (SSSR count). The van der Waals surface area contributed by atoms with Crippen molar-refractivity contribution < 1.29 is 0 Å². The fraction of sp³-hybridized carbons (Fsp3) is 0.769. The monoisotopic (exact) mass is 354 g/mol. The average molecular weight is 355 g/mol. The highest BCUT2D eigenvalue weighted by Crippen LogP contribution is 2.49. The molecule has 1 aromatic carbocycles. The van der Waals surface area contributed by atoms with Crippen LogP contribution >= 0.6 is 0 Å². The third kappa shape index (κ3) is 6.75. The summed E-state index contributed by atoms with van der Waals surface area (Å²) in [5.74, 6) is 0. The van der Waals surface area contributed by atoms with Gasteiger partial charge in [-0.25, -0.2) is 0 Å². The Bertz CT molecular complexity index is 559. The van der Waals surface area contributed by atoms with Gasteiger partial charge in [-0.05, 0) is 93.1 Å². The quantitative estimate of drug-likeness (QED) is 0.313. The molecule has 0 unspecified atom stereocenters. The van der Waals surface area contributed by atoms with Crippen molar-refractivity contribution in [3.05, 3.63) is 34.9 Å². The number of aryl methyl sites for hydroxylation is 3. The van der Waals surface area contributed by atoms with Gasteiger partial charge in [0.15, 0.2) is 0 Å². The Hall–Kier alpha value is -0.780. The molecular weight excluding hydrogens is 312 g/mol. The van der Waals surface area contributed by atoms with Gasteiger partial charge in [0.05, 0.1) is 0 Å². The van der Waals surface area contributed by atoms with E-state index >= 15 is 0 Å². The molecule has 0 atom stereocenters. The van der Waals surface area contributed by atoms with Crippen molar-refractivity contribution in [2.24, 2.45) is 10.8 Å². The zero-order valence-electron chi connectivity index (χ0n) is 17.8. The molecule has 2 saturated carbocycles. The predicted molar refractivity (Wildman–Crippen MR) is 115 cm³/mol. The minimum atomic E-state index is 0.741. The Labute approximate surface area is 163 Å². The van der Waals surface area contributed by atoms with Gasteiger partial charge in [0.2, 0.25) is 0 Å². The predicted octanol–water partition coefficient (Wildman–Crippen LogP) is 8.19. The minimum Gasteiger partial charge on any atom is -0.0596 e. The Morgan fingerprint density at radius 2 is 1.15 bits per heavy atom. The summed E-state index contributed by atoms with van der Waals surface area (Å²) in [4.78, 5) is 0. The highest BCUT2D eigenvalue weighted by atomic mass is 14.4. The molecule has 0 saturated heterocycles. The molecule has 0 nitrogen and oxygen atoms in total. The molecule has 1 aromatic rings. The molecule has 0 aliphatic heterocycles. The van der Waals surface area contributed by atoms with Gasteiger partial charge >= 0.3 is 0 Å². The van der Waals surface area contributed by atoms with E-state index in [4.69, 9.17) is 0 Å². The van der Waals surface area contributed by atoms with Crippen LogP contribution in [0.4, 0.5) is 0 Å². The lowest BCUT2D eigenvalue weighted by Gasteiger charge is -2.12. The highest BCUT2D eigenvalue weighted by molar-refractivity contribution is 5.31. The zero-order chi connectivity index (χ0) is 18.5. The molecule has 2 aliphatic rings. The van der Waals surface area contributed by atoms with E-state index in [1.807, 2.05) is 0 Å². The van der Waals surface area contributed by atoms with Crippen LogP contribution in [0, 0.1) is 17.8 Å². The molecule has 2 fully saturated rings. The second-order valence-electron chi connectivity index (χ2n) is 10.4. The first-order valence-electron chi connectivity index (χ1n) is 11.6. The van der Waals surface area contributed by atoms with Crippen molar-refractivity contribution in [3.8, 4) is 0 Å². The summed E-state index contributed by atoms with van der Waals surface area (Å²) in [5.41, 5.74) is 6.21. The largest absolute Gasteiger partial charge is 0.0596 e. The lowest BCUT2D eigenvalue weighted by Crippen LogP contribution is -1.98. The molecule has 146 valence electrons. The van der Waals surface area contributed by atoms with Crippen LogP contribution in [0.2, 0.25) is 0 Å². The lowest BCUT2D eigenvalue weighted by molar-refractivity contribution is 0.471. The van der Waals surface area contributed by atoms with E-state index in [-0.39, 0.29) is 0 Å². The number of hydrogen-bond donors (Lipinski definition) is 0. The van der Waals surface area contributed by atoms with Gasteiger partial charge in [-0.1, -0.05) is 69.7 Å². The normalized spacial score (nSPS) is 19.5. The van der Waals surface area contributed by atoms with E-state index in [0.717, 1.165) is 10.8 Å². The van der Waals surface area contributed by atoms with Crippen LogP contribution in [0.5, 0.6) is 0 Å². The first-order chi connectivity index (χ1) is 12.5. The first kappa shape index (κ1) is 20.0. The van der Waals surface area contributed by atoms with E-state index in [1.165, 1.54) is 102 Å². The molecule has 0 radical (unpaired) electrons. The van der Waals surface area contributed by atoms with Crippen molar-refractivity contribution in [1.82, 2.24) is 0 Å². The molecule has 0 heterocycles. The van der Waals surface area contributed by atoms with E-state index in [9.17, 15) is 0 Å². The summed E-state index contributed by atoms with van der Waals surface area (Å²) in [6.07, 6.45) is 21.4. The third-order valence-electron chi connectivity index (χ3n) is 7.27. The summed E-state index contributed by atoms with van der Waals surface area (Å²) in [7, 11) is 0. The SMILES string of the molecule is Cc1ccc(CCCCCCC2(C)CC2)c(CCCCCC2(C)CC2)c1. The molecule has 0 bridgehead atoms. The highest BCUT2D eigenvalue weighted by Gasteiger charge is 2.36. The third-order valence-corrected chi connectivity index (χ3v) is 7.27. The summed E-state index contributed by atoms with van der Waals surface area (Å²) in [6.45, 7) is 7.19. The van der Waals surface area contributed by atoms with Gasteiger partial charge in [0.25, 0.3) is 0 Å². The molecule has 0 N–H and O–H groups in total. The lowest BCUT2D eigenvalue weighted by atomic mass is 9.93. The standard InChI is InChI=1S/C26H42/c1-22-13-14-23(11-7-4-5-9-15-25(2)17-18-25)24(21-22)12-8-6-10-16-26(3)19-20-26/h13-14,21H,4-12,15-20H2,1-3H3. The molecule has 2 aliphatic carbocycles. The van der Waals surface area contributed by atoms with Gasteiger partial charge in [0.1, 0.15) is 0 Å². The maximum Gasteiger partial charge on any atom is -0.0276 e. The number of unbranched alkanes of at least 4 members (excludes halogenated alkanes) is 5. The van der Waals surface area contributed by atoms with Gasteiger partial charge in [-0.2, -0.15) is 0 Å². The van der Waals surface area contributed by atoms with Gasteiger partial charge < -0.3 is 0 Å². The van der Waals surface area contributed by atoms with Gasteiger partial charge in [0, 0.05) is 0 Å².